The Morgan fingerprint density at radius 3 is 2.72 bits per heavy atom. The summed E-state index contributed by atoms with van der Waals surface area (Å²) < 4.78 is 25.8. The number of aromatic amines is 2. The minimum absolute atomic E-state index is 0.00823. The smallest absolute Gasteiger partial charge is 0.238 e. The van der Waals surface area contributed by atoms with Crippen LogP contribution in [0.3, 0.4) is 0 Å². The zero-order chi connectivity index (χ0) is 17.6. The number of rotatable bonds is 4. The Morgan fingerprint density at radius 2 is 2.12 bits per heavy atom. The SMILES string of the molecule is Cc1nccn1-c1nc(-c2cccc(S(N)(=O)=O)c2-c2n[nH][nH]2)cs1. The normalized spacial score (nSPS) is 11.9. The monoisotopic (exact) mass is 375 g/mol. The molecular weight excluding hydrogens is 362 g/mol. The lowest BCUT2D eigenvalue weighted by atomic mass is 10.0. The van der Waals surface area contributed by atoms with Gasteiger partial charge in [-0.1, -0.05) is 12.1 Å². The molecule has 11 heteroatoms. The van der Waals surface area contributed by atoms with Crippen molar-refractivity contribution in [2.75, 3.05) is 0 Å². The lowest BCUT2D eigenvalue weighted by molar-refractivity contribution is 0.597. The zero-order valence-corrected chi connectivity index (χ0v) is 14.6. The van der Waals surface area contributed by atoms with Gasteiger partial charge in [0.05, 0.1) is 10.6 Å². The largest absolute Gasteiger partial charge is 0.279 e. The highest BCUT2D eigenvalue weighted by atomic mass is 32.2. The van der Waals surface area contributed by atoms with E-state index in [1.54, 1.807) is 18.3 Å². The van der Waals surface area contributed by atoms with E-state index in [0.29, 0.717) is 22.6 Å². The molecule has 0 amide bonds. The number of hydrogen-bond acceptors (Lipinski definition) is 6. The van der Waals surface area contributed by atoms with E-state index in [9.17, 15) is 8.42 Å². The third kappa shape index (κ3) is 2.67. The quantitative estimate of drug-likeness (QED) is 0.498. The molecule has 4 N–H and O–H groups in total. The number of aryl methyl sites for hydroxylation is 1. The number of nitrogens with one attached hydrogen (secondary N) is 2. The highest BCUT2D eigenvalue weighted by molar-refractivity contribution is 7.89. The van der Waals surface area contributed by atoms with E-state index in [0.717, 1.165) is 11.0 Å². The van der Waals surface area contributed by atoms with Gasteiger partial charge in [0.15, 0.2) is 11.0 Å². The van der Waals surface area contributed by atoms with Crippen LogP contribution in [0.15, 0.2) is 40.9 Å². The summed E-state index contributed by atoms with van der Waals surface area (Å²) in [6.45, 7) is 1.88. The molecule has 3 aromatic heterocycles. The summed E-state index contributed by atoms with van der Waals surface area (Å²) >= 11 is 1.43. The van der Waals surface area contributed by atoms with Gasteiger partial charge in [0.25, 0.3) is 0 Å². The van der Waals surface area contributed by atoms with Gasteiger partial charge in [-0.15, -0.1) is 16.4 Å². The van der Waals surface area contributed by atoms with Gasteiger partial charge >= 0.3 is 0 Å². The molecule has 0 unspecified atom stereocenters. The maximum absolute atomic E-state index is 12.0. The lowest BCUT2D eigenvalue weighted by Gasteiger charge is -2.12. The number of imidazole rings is 1. The van der Waals surface area contributed by atoms with Crippen molar-refractivity contribution in [3.05, 3.63) is 41.8 Å². The van der Waals surface area contributed by atoms with Gasteiger partial charge < -0.3 is 0 Å². The molecule has 0 atom stereocenters. The van der Waals surface area contributed by atoms with Crippen LogP contribution in [-0.2, 0) is 10.0 Å². The number of H-pyrrole nitrogens is 2. The minimum Gasteiger partial charge on any atom is -0.279 e. The predicted molar refractivity (Wildman–Crippen MR) is 92.7 cm³/mol. The second-order valence-electron chi connectivity index (χ2n) is 5.28. The molecule has 0 aliphatic carbocycles. The number of benzene rings is 1. The van der Waals surface area contributed by atoms with Crippen LogP contribution in [0.2, 0.25) is 0 Å². The Bertz CT molecular complexity index is 1140. The Kier molecular flexibility index (Phi) is 3.56. The number of thiazole rings is 1. The first-order chi connectivity index (χ1) is 11.9. The second kappa shape index (κ2) is 5.65. The van der Waals surface area contributed by atoms with E-state index in [4.69, 9.17) is 5.14 Å². The van der Waals surface area contributed by atoms with Crippen molar-refractivity contribution in [1.82, 2.24) is 29.9 Å². The van der Waals surface area contributed by atoms with Crippen LogP contribution in [0.1, 0.15) is 5.82 Å². The fourth-order valence-corrected chi connectivity index (χ4v) is 4.15. The van der Waals surface area contributed by atoms with Crippen LogP contribution in [0.5, 0.6) is 0 Å². The number of primary sulfonamides is 1. The van der Waals surface area contributed by atoms with Crippen LogP contribution < -0.4 is 5.14 Å². The van der Waals surface area contributed by atoms with Gasteiger partial charge in [0.1, 0.15) is 5.82 Å². The molecule has 0 saturated heterocycles. The molecular formula is C14H13N7O2S2. The summed E-state index contributed by atoms with van der Waals surface area (Å²) in [5.41, 5.74) is 1.65. The maximum Gasteiger partial charge on any atom is 0.238 e. The van der Waals surface area contributed by atoms with Crippen molar-refractivity contribution in [3.63, 3.8) is 0 Å². The first-order valence-corrected chi connectivity index (χ1v) is 9.59. The van der Waals surface area contributed by atoms with Crippen molar-refractivity contribution < 1.29 is 8.42 Å². The molecule has 0 aliphatic heterocycles. The van der Waals surface area contributed by atoms with Crippen molar-refractivity contribution in [3.8, 4) is 27.8 Å². The topological polar surface area (TPSA) is 135 Å². The molecule has 0 radical (unpaired) electrons. The molecule has 4 rings (SSSR count). The second-order valence-corrected chi connectivity index (χ2v) is 7.65. The van der Waals surface area contributed by atoms with Gasteiger partial charge in [-0.25, -0.2) is 28.7 Å². The molecule has 1 aromatic carbocycles. The van der Waals surface area contributed by atoms with E-state index in [1.165, 1.54) is 17.4 Å². The Balaban J connectivity index is 1.91. The standard InChI is InChI=1S/C14H13N7O2S2/c1-8-16-5-6-21(8)14-17-10(7-24-14)9-3-2-4-11(25(15,22)23)12(9)13-18-20-19-13/h2-7,20H,1H3,(H,18,19)(H2,15,22,23). The van der Waals surface area contributed by atoms with E-state index >= 15 is 0 Å². The van der Waals surface area contributed by atoms with Gasteiger partial charge in [0.2, 0.25) is 10.0 Å². The number of sulfonamides is 1. The first-order valence-electron chi connectivity index (χ1n) is 7.16. The van der Waals surface area contributed by atoms with Gasteiger partial charge in [-0.2, -0.15) is 0 Å². The average Bonchev–Trinajstić information content (AvgIpc) is 3.13. The molecule has 0 saturated carbocycles. The number of aromatic nitrogens is 6. The van der Waals surface area contributed by atoms with Crippen LogP contribution in [-0.4, -0.2) is 38.4 Å². The minimum atomic E-state index is -3.92. The molecule has 0 bridgehead atoms. The lowest BCUT2D eigenvalue weighted by Crippen LogP contribution is -2.15. The van der Waals surface area contributed by atoms with Crippen LogP contribution >= 0.6 is 11.3 Å². The Labute approximate surface area is 146 Å². The van der Waals surface area contributed by atoms with E-state index < -0.39 is 10.0 Å². The summed E-state index contributed by atoms with van der Waals surface area (Å²) in [7, 11) is -3.92. The van der Waals surface area contributed by atoms with E-state index in [1.807, 2.05) is 23.1 Å². The Morgan fingerprint density at radius 1 is 1.32 bits per heavy atom. The zero-order valence-electron chi connectivity index (χ0n) is 13.0. The average molecular weight is 375 g/mol. The Hall–Kier alpha value is -2.76. The van der Waals surface area contributed by atoms with Gasteiger partial charge in [-0.05, 0) is 13.0 Å². The molecule has 0 aliphatic rings. The summed E-state index contributed by atoms with van der Waals surface area (Å²) in [6.07, 6.45) is 3.52. The first kappa shape index (κ1) is 15.7. The molecule has 9 nitrogen and oxygen atoms in total. The van der Waals surface area contributed by atoms with Crippen molar-refractivity contribution >= 4 is 21.4 Å². The molecule has 4 aromatic rings. The van der Waals surface area contributed by atoms with Crippen molar-refractivity contribution in [2.45, 2.75) is 11.8 Å². The van der Waals surface area contributed by atoms with E-state index in [-0.39, 0.29) is 4.90 Å². The van der Waals surface area contributed by atoms with Crippen molar-refractivity contribution in [2.24, 2.45) is 5.14 Å². The van der Waals surface area contributed by atoms with Gasteiger partial charge in [0, 0.05) is 28.9 Å². The van der Waals surface area contributed by atoms with Crippen LogP contribution in [0, 0.1) is 6.92 Å². The third-order valence-corrected chi connectivity index (χ3v) is 5.50. The highest BCUT2D eigenvalue weighted by Crippen LogP contribution is 2.36. The molecule has 0 fully saturated rings. The van der Waals surface area contributed by atoms with Crippen LogP contribution in [0.25, 0.3) is 27.8 Å². The molecule has 3 heterocycles. The maximum atomic E-state index is 12.0. The van der Waals surface area contributed by atoms with E-state index in [2.05, 4.69) is 25.4 Å². The molecule has 128 valence electrons. The summed E-state index contributed by atoms with van der Waals surface area (Å²) in [4.78, 5) is 8.79. The summed E-state index contributed by atoms with van der Waals surface area (Å²) in [5, 5.41) is 17.2. The predicted octanol–water partition coefficient (Wildman–Crippen LogP) is 1.67. The fraction of sp³-hybridized carbons (Fsp3) is 0.0714. The summed E-state index contributed by atoms with van der Waals surface area (Å²) in [5.74, 6) is 1.21. The fourth-order valence-electron chi connectivity index (χ4n) is 2.53. The third-order valence-electron chi connectivity index (χ3n) is 3.71. The molecule has 0 spiro atoms. The number of nitrogens with two attached hydrogens (primary N) is 1. The highest BCUT2D eigenvalue weighted by Gasteiger charge is 2.23. The number of hydrogen-bond donors (Lipinski definition) is 3. The van der Waals surface area contributed by atoms with Crippen LogP contribution in [0.4, 0.5) is 0 Å². The van der Waals surface area contributed by atoms with Crippen molar-refractivity contribution in [1.29, 1.82) is 0 Å². The summed E-state index contributed by atoms with van der Waals surface area (Å²) in [6, 6.07) is 4.86. The van der Waals surface area contributed by atoms with Gasteiger partial charge in [-0.3, -0.25) is 9.67 Å². The number of nitrogens with zero attached hydrogens (tertiary/aromatic N) is 4. The molecule has 25 heavy (non-hydrogen) atoms.